The Hall–Kier alpha value is -1.66. The maximum Gasteiger partial charge on any atom is 0.342 e. The van der Waals surface area contributed by atoms with Gasteiger partial charge in [0.15, 0.2) is 11.5 Å². The summed E-state index contributed by atoms with van der Waals surface area (Å²) in [6.45, 7) is 6.91. The van der Waals surface area contributed by atoms with Crippen molar-refractivity contribution in [3.05, 3.63) is 16.7 Å². The lowest BCUT2D eigenvalue weighted by molar-refractivity contribution is -0.915. The topological polar surface area (TPSA) is 70.8 Å². The van der Waals surface area contributed by atoms with Gasteiger partial charge >= 0.3 is 5.97 Å². The van der Waals surface area contributed by atoms with Gasteiger partial charge in [-0.05, 0) is 12.5 Å². The van der Waals surface area contributed by atoms with Gasteiger partial charge in [0.1, 0.15) is 18.8 Å². The number of hydrogen-bond acceptors (Lipinski definition) is 5. The zero-order valence-corrected chi connectivity index (χ0v) is 17.0. The molecular formula is C20H30ClN2O4+. The molecule has 0 bridgehead atoms. The van der Waals surface area contributed by atoms with Crippen LogP contribution in [0.3, 0.4) is 0 Å². The minimum Gasteiger partial charge on any atom is -0.485 e. The van der Waals surface area contributed by atoms with Crippen LogP contribution in [0.25, 0.3) is 0 Å². The summed E-state index contributed by atoms with van der Waals surface area (Å²) in [5, 5.41) is 0.271. The normalized spacial score (nSPS) is 24.5. The van der Waals surface area contributed by atoms with Gasteiger partial charge in [0.25, 0.3) is 0 Å². The van der Waals surface area contributed by atoms with Crippen LogP contribution in [0.4, 0.5) is 5.69 Å². The molecule has 2 heterocycles. The number of unbranched alkanes of at least 4 members (excludes halogenated alkanes) is 1. The second-order valence-corrected chi connectivity index (χ2v) is 8.27. The standard InChI is InChI=1S/C20H29ClN2O4/c1-3-4-7-23(2)8-5-14(6-9-23)13-27-20(24)15-12-16(21)17(22)19-18(15)25-10-11-26-19/h12,14H,3-11,13H2,1-2H3,(H-,22,24)/p+1. The number of esters is 1. The SMILES string of the molecule is CCCC[N+]1(C)CCC(COC(=O)c2cc(Cl)c(N)c3c2OCCO3)CC1. The Morgan fingerprint density at radius 2 is 1.96 bits per heavy atom. The predicted octanol–water partition coefficient (Wildman–Crippen LogP) is 3.51. The summed E-state index contributed by atoms with van der Waals surface area (Å²) in [5.41, 5.74) is 6.50. The van der Waals surface area contributed by atoms with Crippen LogP contribution in [0, 0.1) is 5.92 Å². The molecule has 7 heteroatoms. The van der Waals surface area contributed by atoms with E-state index in [2.05, 4.69) is 14.0 Å². The number of ether oxygens (including phenoxy) is 3. The number of carbonyl (C=O) groups is 1. The molecule has 0 unspecified atom stereocenters. The molecule has 2 N–H and O–H groups in total. The number of anilines is 1. The highest BCUT2D eigenvalue weighted by molar-refractivity contribution is 6.34. The maximum atomic E-state index is 12.6. The Labute approximate surface area is 166 Å². The van der Waals surface area contributed by atoms with Gasteiger partial charge in [-0.15, -0.1) is 0 Å². The smallest absolute Gasteiger partial charge is 0.342 e. The molecule has 150 valence electrons. The first-order chi connectivity index (χ1) is 12.9. The van der Waals surface area contributed by atoms with Crippen molar-refractivity contribution in [3.63, 3.8) is 0 Å². The van der Waals surface area contributed by atoms with E-state index in [0.717, 1.165) is 30.4 Å². The Bertz CT molecular complexity index is 687. The molecule has 0 saturated carbocycles. The van der Waals surface area contributed by atoms with Crippen molar-refractivity contribution in [2.45, 2.75) is 32.6 Å². The minimum absolute atomic E-state index is 0.271. The molecule has 0 spiro atoms. The summed E-state index contributed by atoms with van der Waals surface area (Å²) in [4.78, 5) is 12.6. The van der Waals surface area contributed by atoms with Gasteiger partial charge in [-0.1, -0.05) is 24.9 Å². The molecule has 1 aromatic rings. The molecule has 1 saturated heterocycles. The van der Waals surface area contributed by atoms with Crippen LogP contribution < -0.4 is 15.2 Å². The largest absolute Gasteiger partial charge is 0.485 e. The van der Waals surface area contributed by atoms with Crippen LogP contribution in [0.15, 0.2) is 6.07 Å². The molecule has 0 amide bonds. The lowest BCUT2D eigenvalue weighted by Gasteiger charge is -2.40. The number of hydrogen-bond donors (Lipinski definition) is 1. The van der Waals surface area contributed by atoms with Crippen molar-refractivity contribution in [1.29, 1.82) is 0 Å². The number of nitrogens with two attached hydrogens (primary N) is 1. The van der Waals surface area contributed by atoms with Crippen molar-refractivity contribution in [2.24, 2.45) is 5.92 Å². The molecule has 1 aromatic carbocycles. The predicted molar refractivity (Wildman–Crippen MR) is 106 cm³/mol. The molecule has 0 aliphatic carbocycles. The average molecular weight is 398 g/mol. The first-order valence-electron chi connectivity index (χ1n) is 9.82. The summed E-state index contributed by atoms with van der Waals surface area (Å²) >= 11 is 6.15. The summed E-state index contributed by atoms with van der Waals surface area (Å²) in [6, 6.07) is 1.51. The molecule has 3 rings (SSSR count). The molecular weight excluding hydrogens is 368 g/mol. The zero-order valence-electron chi connectivity index (χ0n) is 16.3. The van der Waals surface area contributed by atoms with E-state index in [4.69, 9.17) is 31.5 Å². The fourth-order valence-electron chi connectivity index (χ4n) is 3.79. The number of halogens is 1. The lowest BCUT2D eigenvalue weighted by atomic mass is 9.96. The van der Waals surface area contributed by atoms with Gasteiger partial charge in [0.2, 0.25) is 0 Å². The Kier molecular flexibility index (Phi) is 6.37. The Morgan fingerprint density at radius 3 is 2.63 bits per heavy atom. The highest BCUT2D eigenvalue weighted by Crippen LogP contribution is 2.43. The van der Waals surface area contributed by atoms with Crippen LogP contribution in [0.2, 0.25) is 5.02 Å². The van der Waals surface area contributed by atoms with Crippen LogP contribution >= 0.6 is 11.6 Å². The monoisotopic (exact) mass is 397 g/mol. The van der Waals surface area contributed by atoms with Gasteiger partial charge in [-0.2, -0.15) is 0 Å². The third-order valence-corrected chi connectivity index (χ3v) is 5.99. The van der Waals surface area contributed by atoms with Gasteiger partial charge in [-0.3, -0.25) is 0 Å². The van der Waals surface area contributed by atoms with Crippen LogP contribution in [-0.2, 0) is 4.74 Å². The fraction of sp³-hybridized carbons (Fsp3) is 0.650. The first kappa shape index (κ1) is 20.1. The highest BCUT2D eigenvalue weighted by Gasteiger charge is 2.31. The second kappa shape index (κ2) is 8.57. The van der Waals surface area contributed by atoms with Gasteiger partial charge in [0, 0.05) is 18.8 Å². The molecule has 0 aromatic heterocycles. The van der Waals surface area contributed by atoms with Crippen molar-refractivity contribution < 1.29 is 23.5 Å². The Morgan fingerprint density at radius 1 is 1.30 bits per heavy atom. The number of fused-ring (bicyclic) bond motifs is 1. The first-order valence-corrected chi connectivity index (χ1v) is 10.2. The van der Waals surface area contributed by atoms with E-state index >= 15 is 0 Å². The quantitative estimate of drug-likeness (QED) is 0.452. The summed E-state index contributed by atoms with van der Waals surface area (Å²) in [7, 11) is 2.33. The van der Waals surface area contributed by atoms with E-state index in [1.165, 1.54) is 25.5 Å². The van der Waals surface area contributed by atoms with Crippen molar-refractivity contribution in [1.82, 2.24) is 0 Å². The Balaban J connectivity index is 1.59. The number of likely N-dealkylation sites (tertiary alicyclic amines) is 1. The van der Waals surface area contributed by atoms with Gasteiger partial charge in [0.05, 0.1) is 44.0 Å². The van der Waals surface area contributed by atoms with Crippen molar-refractivity contribution in [2.75, 3.05) is 52.2 Å². The van der Waals surface area contributed by atoms with Crippen LogP contribution in [0.1, 0.15) is 43.0 Å². The number of benzene rings is 1. The molecule has 2 aliphatic heterocycles. The number of rotatable bonds is 6. The number of nitrogens with zero attached hydrogens (tertiary/aromatic N) is 1. The molecule has 0 radical (unpaired) electrons. The molecule has 0 atom stereocenters. The summed E-state index contributed by atoms with van der Waals surface area (Å²) in [5.74, 6) is 0.634. The van der Waals surface area contributed by atoms with Crippen molar-refractivity contribution >= 4 is 23.3 Å². The van der Waals surface area contributed by atoms with Crippen molar-refractivity contribution in [3.8, 4) is 11.5 Å². The molecule has 2 aliphatic rings. The van der Waals surface area contributed by atoms with E-state index in [-0.39, 0.29) is 10.6 Å². The zero-order chi connectivity index (χ0) is 19.4. The molecule has 1 fully saturated rings. The highest BCUT2D eigenvalue weighted by atomic mass is 35.5. The lowest BCUT2D eigenvalue weighted by Crippen LogP contribution is -2.50. The number of nitrogen functional groups attached to an aromatic ring is 1. The van der Waals surface area contributed by atoms with E-state index in [1.807, 2.05) is 0 Å². The van der Waals surface area contributed by atoms with E-state index < -0.39 is 5.97 Å². The second-order valence-electron chi connectivity index (χ2n) is 7.86. The van der Waals surface area contributed by atoms with E-state index in [0.29, 0.717) is 42.9 Å². The van der Waals surface area contributed by atoms with E-state index in [9.17, 15) is 4.79 Å². The molecule has 6 nitrogen and oxygen atoms in total. The third-order valence-electron chi connectivity index (χ3n) is 5.68. The van der Waals surface area contributed by atoms with Crippen LogP contribution in [0.5, 0.6) is 11.5 Å². The fourth-order valence-corrected chi connectivity index (χ4v) is 3.99. The minimum atomic E-state index is -0.438. The maximum absolute atomic E-state index is 12.6. The summed E-state index contributed by atoms with van der Waals surface area (Å²) < 4.78 is 17.9. The van der Waals surface area contributed by atoms with Crippen LogP contribution in [-0.4, -0.2) is 57.0 Å². The molecule has 27 heavy (non-hydrogen) atoms. The van der Waals surface area contributed by atoms with Gasteiger partial charge < -0.3 is 24.4 Å². The number of piperidine rings is 1. The summed E-state index contributed by atoms with van der Waals surface area (Å²) in [6.07, 6.45) is 4.65. The van der Waals surface area contributed by atoms with Gasteiger partial charge in [-0.25, -0.2) is 4.79 Å². The van der Waals surface area contributed by atoms with E-state index in [1.54, 1.807) is 0 Å². The number of quaternary nitrogens is 1. The average Bonchev–Trinajstić information content (AvgIpc) is 2.68. The number of carbonyl (C=O) groups excluding carboxylic acids is 1. The third kappa shape index (κ3) is 4.61.